The van der Waals surface area contributed by atoms with Gasteiger partial charge in [-0.25, -0.2) is 0 Å². The smallest absolute Gasteiger partial charge is 0.137 e. The zero-order valence-corrected chi connectivity index (χ0v) is 11.8. The number of nitrogens with two attached hydrogens (primary N) is 1. The second-order valence-corrected chi connectivity index (χ2v) is 5.51. The van der Waals surface area contributed by atoms with Gasteiger partial charge in [-0.05, 0) is 30.0 Å². The third-order valence-electron chi connectivity index (χ3n) is 4.52. The van der Waals surface area contributed by atoms with Gasteiger partial charge in [0, 0.05) is 17.7 Å². The maximum absolute atomic E-state index is 6.60. The van der Waals surface area contributed by atoms with Gasteiger partial charge >= 0.3 is 0 Å². The Labute approximate surface area is 119 Å². The van der Waals surface area contributed by atoms with Gasteiger partial charge in [0.15, 0.2) is 0 Å². The minimum atomic E-state index is -0.0405. The van der Waals surface area contributed by atoms with Crippen LogP contribution in [0.3, 0.4) is 0 Å². The number of nitrogens with zero attached hydrogens (tertiary/aromatic N) is 1. The molecule has 20 heavy (non-hydrogen) atoms. The average Bonchev–Trinajstić information content (AvgIpc) is 2.47. The van der Waals surface area contributed by atoms with Gasteiger partial charge in [-0.1, -0.05) is 36.8 Å². The molecule has 2 N–H and O–H groups in total. The van der Waals surface area contributed by atoms with Gasteiger partial charge in [0.2, 0.25) is 0 Å². The second kappa shape index (κ2) is 5.25. The van der Waals surface area contributed by atoms with Crippen LogP contribution in [0.4, 0.5) is 0 Å². The Morgan fingerprint density at radius 3 is 2.55 bits per heavy atom. The summed E-state index contributed by atoms with van der Waals surface area (Å²) in [6, 6.07) is 12.6. The van der Waals surface area contributed by atoms with Crippen molar-refractivity contribution in [3.63, 3.8) is 0 Å². The Kier molecular flexibility index (Phi) is 3.45. The second-order valence-electron chi connectivity index (χ2n) is 5.51. The van der Waals surface area contributed by atoms with Gasteiger partial charge < -0.3 is 10.5 Å². The molecule has 0 aliphatic heterocycles. The summed E-state index contributed by atoms with van der Waals surface area (Å²) in [6.07, 6.45) is 7.08. The molecular formula is C17H20N2O. The monoisotopic (exact) mass is 268 g/mol. The van der Waals surface area contributed by atoms with E-state index in [2.05, 4.69) is 35.3 Å². The van der Waals surface area contributed by atoms with Gasteiger partial charge in [-0.15, -0.1) is 0 Å². The molecule has 3 heteroatoms. The SMILES string of the molecule is COc1cncc(C(N)C2(c3ccccc3)CCC2)c1. The zero-order valence-electron chi connectivity index (χ0n) is 11.8. The van der Waals surface area contributed by atoms with Crippen molar-refractivity contribution in [3.8, 4) is 5.75 Å². The van der Waals surface area contributed by atoms with Crippen molar-refractivity contribution < 1.29 is 4.74 Å². The Hall–Kier alpha value is -1.87. The average molecular weight is 268 g/mol. The lowest BCUT2D eigenvalue weighted by molar-refractivity contribution is 0.196. The summed E-state index contributed by atoms with van der Waals surface area (Å²) in [7, 11) is 1.66. The van der Waals surface area contributed by atoms with Crippen LogP contribution < -0.4 is 10.5 Å². The quantitative estimate of drug-likeness (QED) is 0.926. The highest BCUT2D eigenvalue weighted by Gasteiger charge is 2.44. The molecular weight excluding hydrogens is 248 g/mol. The molecule has 1 aliphatic carbocycles. The van der Waals surface area contributed by atoms with Crippen LogP contribution in [-0.4, -0.2) is 12.1 Å². The van der Waals surface area contributed by atoms with Crippen LogP contribution in [0, 0.1) is 0 Å². The maximum atomic E-state index is 6.60. The Morgan fingerprint density at radius 1 is 1.20 bits per heavy atom. The predicted octanol–water partition coefficient (Wildman–Crippen LogP) is 3.21. The van der Waals surface area contributed by atoms with Gasteiger partial charge in [0.1, 0.15) is 5.75 Å². The van der Waals surface area contributed by atoms with E-state index in [1.165, 1.54) is 12.0 Å². The molecule has 3 nitrogen and oxygen atoms in total. The highest BCUT2D eigenvalue weighted by molar-refractivity contribution is 5.36. The molecule has 1 aromatic heterocycles. The minimum Gasteiger partial charge on any atom is -0.495 e. The molecule has 1 aromatic carbocycles. The number of hydrogen-bond donors (Lipinski definition) is 1. The number of rotatable bonds is 4. The van der Waals surface area contributed by atoms with Crippen LogP contribution in [0.2, 0.25) is 0 Å². The summed E-state index contributed by atoms with van der Waals surface area (Å²) in [5.74, 6) is 0.764. The molecule has 0 saturated heterocycles. The third-order valence-corrected chi connectivity index (χ3v) is 4.52. The van der Waals surface area contributed by atoms with Crippen LogP contribution in [0.15, 0.2) is 48.8 Å². The fourth-order valence-corrected chi connectivity index (χ4v) is 3.14. The molecule has 0 amide bonds. The van der Waals surface area contributed by atoms with E-state index < -0.39 is 0 Å². The highest BCUT2D eigenvalue weighted by Crippen LogP contribution is 2.51. The van der Waals surface area contributed by atoms with E-state index in [-0.39, 0.29) is 11.5 Å². The van der Waals surface area contributed by atoms with E-state index in [1.807, 2.05) is 12.3 Å². The molecule has 0 bridgehead atoms. The molecule has 0 radical (unpaired) electrons. The number of hydrogen-bond acceptors (Lipinski definition) is 3. The molecule has 2 aromatic rings. The van der Waals surface area contributed by atoms with Crippen molar-refractivity contribution in [2.45, 2.75) is 30.7 Å². The Balaban J connectivity index is 1.97. The lowest BCUT2D eigenvalue weighted by Crippen LogP contribution is -2.44. The van der Waals surface area contributed by atoms with Crippen molar-refractivity contribution in [2.75, 3.05) is 7.11 Å². The Bertz CT molecular complexity index is 579. The summed E-state index contributed by atoms with van der Waals surface area (Å²) in [4.78, 5) is 4.24. The number of ether oxygens (including phenoxy) is 1. The normalized spacial score (nSPS) is 18.1. The zero-order chi connectivity index (χ0) is 14.0. The molecule has 1 unspecified atom stereocenters. The first kappa shape index (κ1) is 13.1. The Morgan fingerprint density at radius 2 is 1.95 bits per heavy atom. The fraction of sp³-hybridized carbons (Fsp3) is 0.353. The van der Waals surface area contributed by atoms with Gasteiger partial charge in [-0.2, -0.15) is 0 Å². The van der Waals surface area contributed by atoms with Crippen molar-refractivity contribution >= 4 is 0 Å². The lowest BCUT2D eigenvalue weighted by Gasteiger charge is -2.47. The molecule has 1 fully saturated rings. The first-order chi connectivity index (χ1) is 9.76. The van der Waals surface area contributed by atoms with E-state index >= 15 is 0 Å². The standard InChI is InChI=1S/C17H20N2O/c1-20-15-10-13(11-19-12-15)16(18)17(8-5-9-17)14-6-3-2-4-7-14/h2-4,6-7,10-12,16H,5,8-9,18H2,1H3. The van der Waals surface area contributed by atoms with E-state index in [1.54, 1.807) is 13.3 Å². The van der Waals surface area contributed by atoms with Gasteiger partial charge in [-0.3, -0.25) is 4.98 Å². The summed E-state index contributed by atoms with van der Waals surface area (Å²) in [5.41, 5.74) is 9.03. The molecule has 104 valence electrons. The van der Waals surface area contributed by atoms with E-state index in [0.29, 0.717) is 0 Å². The summed E-state index contributed by atoms with van der Waals surface area (Å²) in [5, 5.41) is 0. The molecule has 3 rings (SSSR count). The van der Waals surface area contributed by atoms with Crippen molar-refractivity contribution in [2.24, 2.45) is 5.73 Å². The highest BCUT2D eigenvalue weighted by atomic mass is 16.5. The molecule has 1 heterocycles. The van der Waals surface area contributed by atoms with E-state index in [0.717, 1.165) is 24.2 Å². The molecule has 1 saturated carbocycles. The van der Waals surface area contributed by atoms with Crippen LogP contribution in [0.25, 0.3) is 0 Å². The predicted molar refractivity (Wildman–Crippen MR) is 79.7 cm³/mol. The topological polar surface area (TPSA) is 48.1 Å². The van der Waals surface area contributed by atoms with Crippen LogP contribution in [0.5, 0.6) is 5.75 Å². The van der Waals surface area contributed by atoms with Gasteiger partial charge in [0.05, 0.1) is 13.3 Å². The van der Waals surface area contributed by atoms with E-state index in [4.69, 9.17) is 10.5 Å². The fourth-order valence-electron chi connectivity index (χ4n) is 3.14. The van der Waals surface area contributed by atoms with Crippen LogP contribution in [0.1, 0.15) is 36.4 Å². The number of aromatic nitrogens is 1. The van der Waals surface area contributed by atoms with E-state index in [9.17, 15) is 0 Å². The van der Waals surface area contributed by atoms with Crippen molar-refractivity contribution in [3.05, 3.63) is 59.9 Å². The van der Waals surface area contributed by atoms with Crippen LogP contribution in [-0.2, 0) is 5.41 Å². The van der Waals surface area contributed by atoms with Crippen molar-refractivity contribution in [1.82, 2.24) is 4.98 Å². The molecule has 1 aliphatic rings. The maximum Gasteiger partial charge on any atom is 0.137 e. The summed E-state index contributed by atoms with van der Waals surface area (Å²) < 4.78 is 5.26. The lowest BCUT2D eigenvalue weighted by atomic mass is 9.59. The number of methoxy groups -OCH3 is 1. The largest absolute Gasteiger partial charge is 0.495 e. The summed E-state index contributed by atoms with van der Waals surface area (Å²) >= 11 is 0. The first-order valence-corrected chi connectivity index (χ1v) is 7.06. The van der Waals surface area contributed by atoms with Gasteiger partial charge in [0.25, 0.3) is 0 Å². The number of pyridine rings is 1. The summed E-state index contributed by atoms with van der Waals surface area (Å²) in [6.45, 7) is 0. The molecule has 0 spiro atoms. The molecule has 1 atom stereocenters. The van der Waals surface area contributed by atoms with Crippen molar-refractivity contribution in [1.29, 1.82) is 0 Å². The minimum absolute atomic E-state index is 0.0405. The van der Waals surface area contributed by atoms with Crippen LogP contribution >= 0.6 is 0 Å². The first-order valence-electron chi connectivity index (χ1n) is 7.06. The third kappa shape index (κ3) is 2.08. The number of benzene rings is 1.